The number of aryl methyl sites for hydroxylation is 2. The Kier molecular flexibility index (Phi) is 6.37. The Balaban J connectivity index is 1.63. The molecule has 1 saturated heterocycles. The molecule has 0 bridgehead atoms. The number of piperazine rings is 1. The number of likely N-dealkylation sites (N-methyl/N-ethyl adjacent to an activating group) is 1. The van der Waals surface area contributed by atoms with Gasteiger partial charge in [0.15, 0.2) is 0 Å². The van der Waals surface area contributed by atoms with Crippen LogP contribution in [0.3, 0.4) is 0 Å². The molecule has 1 unspecified atom stereocenters. The molecular formula is C21H30N4O2S. The summed E-state index contributed by atoms with van der Waals surface area (Å²) in [5, 5.41) is 3.37. The predicted octanol–water partition coefficient (Wildman–Crippen LogP) is 2.68. The fourth-order valence-corrected chi connectivity index (χ4v) is 4.87. The van der Waals surface area contributed by atoms with E-state index in [9.17, 15) is 8.42 Å². The lowest BCUT2D eigenvalue weighted by molar-refractivity contribution is 0.222. The summed E-state index contributed by atoms with van der Waals surface area (Å²) in [5.74, 6) is 0.689. The van der Waals surface area contributed by atoms with Crippen molar-refractivity contribution in [1.82, 2.24) is 14.2 Å². The summed E-state index contributed by atoms with van der Waals surface area (Å²) in [6.45, 7) is 8.88. The number of nitrogens with one attached hydrogen (secondary N) is 1. The highest BCUT2D eigenvalue weighted by atomic mass is 32.2. The number of hydrogen-bond donors (Lipinski definition) is 1. The number of rotatable bonds is 6. The highest BCUT2D eigenvalue weighted by Gasteiger charge is 2.27. The lowest BCUT2D eigenvalue weighted by Crippen LogP contribution is -2.47. The molecule has 1 aliphatic rings. The third kappa shape index (κ3) is 4.90. The van der Waals surface area contributed by atoms with Crippen LogP contribution in [0.2, 0.25) is 0 Å². The van der Waals surface area contributed by atoms with Crippen molar-refractivity contribution in [2.75, 3.05) is 38.5 Å². The van der Waals surface area contributed by atoms with Gasteiger partial charge in [-0.3, -0.25) is 0 Å². The lowest BCUT2D eigenvalue weighted by Gasteiger charge is -2.31. The third-order valence-electron chi connectivity index (χ3n) is 5.25. The number of hydrogen-bond acceptors (Lipinski definition) is 5. The first-order chi connectivity index (χ1) is 13.3. The number of sulfonamides is 1. The number of anilines is 1. The minimum atomic E-state index is -3.47. The molecule has 1 atom stereocenters. The topological polar surface area (TPSA) is 65.5 Å². The van der Waals surface area contributed by atoms with Gasteiger partial charge in [0, 0.05) is 38.4 Å². The van der Waals surface area contributed by atoms with Gasteiger partial charge in [0.1, 0.15) is 10.7 Å². The van der Waals surface area contributed by atoms with Gasteiger partial charge in [-0.2, -0.15) is 4.31 Å². The van der Waals surface area contributed by atoms with Gasteiger partial charge in [-0.05, 0) is 57.5 Å². The molecule has 1 fully saturated rings. The molecule has 1 aliphatic heterocycles. The van der Waals surface area contributed by atoms with Gasteiger partial charge < -0.3 is 10.2 Å². The Labute approximate surface area is 168 Å². The standard InChI is InChI=1S/C21H30N4O2S/c1-16-5-6-19(17(2)13-16)14-18(3)23-21-8-7-20(15-22-21)28(26,27)25-11-9-24(4)10-12-25/h5-8,13,15,18H,9-12,14H2,1-4H3,(H,22,23). The van der Waals surface area contributed by atoms with Gasteiger partial charge in [-0.15, -0.1) is 0 Å². The van der Waals surface area contributed by atoms with Crippen LogP contribution in [0.15, 0.2) is 41.4 Å². The molecule has 0 amide bonds. The summed E-state index contributed by atoms with van der Waals surface area (Å²) in [4.78, 5) is 6.73. The van der Waals surface area contributed by atoms with Gasteiger partial charge >= 0.3 is 0 Å². The van der Waals surface area contributed by atoms with Gasteiger partial charge in [0.05, 0.1) is 0 Å². The van der Waals surface area contributed by atoms with E-state index in [2.05, 4.69) is 54.2 Å². The highest BCUT2D eigenvalue weighted by molar-refractivity contribution is 7.89. The molecule has 0 radical (unpaired) electrons. The maximum absolute atomic E-state index is 12.8. The summed E-state index contributed by atoms with van der Waals surface area (Å²) in [5.41, 5.74) is 3.86. The van der Waals surface area contributed by atoms with Crippen LogP contribution in [0.5, 0.6) is 0 Å². The van der Waals surface area contributed by atoms with Crippen LogP contribution >= 0.6 is 0 Å². The van der Waals surface area contributed by atoms with E-state index in [1.54, 1.807) is 16.4 Å². The van der Waals surface area contributed by atoms with E-state index < -0.39 is 10.0 Å². The molecule has 3 rings (SSSR count). The molecule has 7 heteroatoms. The molecule has 28 heavy (non-hydrogen) atoms. The average molecular weight is 403 g/mol. The Hall–Kier alpha value is -1.96. The maximum Gasteiger partial charge on any atom is 0.244 e. The van der Waals surface area contributed by atoms with Crippen LogP contribution in [0.1, 0.15) is 23.6 Å². The fourth-order valence-electron chi connectivity index (χ4n) is 3.50. The maximum atomic E-state index is 12.8. The summed E-state index contributed by atoms with van der Waals surface area (Å²) in [7, 11) is -1.47. The second kappa shape index (κ2) is 8.59. The first-order valence-corrected chi connectivity index (χ1v) is 11.2. The summed E-state index contributed by atoms with van der Waals surface area (Å²) in [6.07, 6.45) is 2.34. The van der Waals surface area contributed by atoms with Crippen LogP contribution in [0.4, 0.5) is 5.82 Å². The second-order valence-electron chi connectivity index (χ2n) is 7.77. The Morgan fingerprint density at radius 1 is 1.11 bits per heavy atom. The molecule has 1 aromatic heterocycles. The smallest absolute Gasteiger partial charge is 0.244 e. The van der Waals surface area contributed by atoms with Crippen LogP contribution in [-0.4, -0.2) is 61.9 Å². The van der Waals surface area contributed by atoms with Crippen molar-refractivity contribution in [2.24, 2.45) is 0 Å². The van der Waals surface area contributed by atoms with E-state index in [1.807, 2.05) is 7.05 Å². The quantitative estimate of drug-likeness (QED) is 0.805. The minimum absolute atomic E-state index is 0.189. The molecule has 0 saturated carbocycles. The molecule has 2 aromatic rings. The molecule has 0 spiro atoms. The van der Waals surface area contributed by atoms with Crippen molar-refractivity contribution in [1.29, 1.82) is 0 Å². The van der Waals surface area contributed by atoms with Crippen molar-refractivity contribution in [3.63, 3.8) is 0 Å². The van der Waals surface area contributed by atoms with E-state index in [-0.39, 0.29) is 10.9 Å². The zero-order chi connectivity index (χ0) is 20.3. The number of benzene rings is 1. The first kappa shape index (κ1) is 20.8. The van der Waals surface area contributed by atoms with E-state index in [1.165, 1.54) is 22.9 Å². The van der Waals surface area contributed by atoms with Crippen molar-refractivity contribution < 1.29 is 8.42 Å². The molecule has 1 N–H and O–H groups in total. The van der Waals surface area contributed by atoms with Gasteiger partial charge in [-0.1, -0.05) is 23.8 Å². The number of nitrogens with zero attached hydrogens (tertiary/aromatic N) is 3. The zero-order valence-corrected chi connectivity index (χ0v) is 18.0. The molecule has 0 aliphatic carbocycles. The monoisotopic (exact) mass is 402 g/mol. The van der Waals surface area contributed by atoms with Crippen LogP contribution < -0.4 is 5.32 Å². The van der Waals surface area contributed by atoms with E-state index >= 15 is 0 Å². The lowest BCUT2D eigenvalue weighted by atomic mass is 10.00. The Morgan fingerprint density at radius 2 is 1.82 bits per heavy atom. The van der Waals surface area contributed by atoms with Crippen molar-refractivity contribution in [2.45, 2.75) is 38.1 Å². The molecule has 2 heterocycles. The SMILES string of the molecule is Cc1ccc(CC(C)Nc2ccc(S(=O)(=O)N3CCN(C)CC3)cn2)c(C)c1. The summed E-state index contributed by atoms with van der Waals surface area (Å²) in [6, 6.07) is 10.1. The second-order valence-corrected chi connectivity index (χ2v) is 9.70. The van der Waals surface area contributed by atoms with E-state index in [0.29, 0.717) is 18.9 Å². The fraction of sp³-hybridized carbons (Fsp3) is 0.476. The third-order valence-corrected chi connectivity index (χ3v) is 7.14. The van der Waals surface area contributed by atoms with Gasteiger partial charge in [-0.25, -0.2) is 13.4 Å². The van der Waals surface area contributed by atoms with E-state index in [4.69, 9.17) is 0 Å². The van der Waals surface area contributed by atoms with Crippen molar-refractivity contribution >= 4 is 15.8 Å². The number of aromatic nitrogens is 1. The van der Waals surface area contributed by atoms with Crippen LogP contribution in [-0.2, 0) is 16.4 Å². The molecule has 1 aromatic carbocycles. The van der Waals surface area contributed by atoms with Gasteiger partial charge in [0.25, 0.3) is 0 Å². The summed E-state index contributed by atoms with van der Waals surface area (Å²) >= 11 is 0. The Morgan fingerprint density at radius 3 is 2.43 bits per heavy atom. The molecule has 6 nitrogen and oxygen atoms in total. The minimum Gasteiger partial charge on any atom is -0.367 e. The largest absolute Gasteiger partial charge is 0.367 e. The molecular weight excluding hydrogens is 372 g/mol. The Bertz CT molecular complexity index is 905. The highest BCUT2D eigenvalue weighted by Crippen LogP contribution is 2.19. The first-order valence-electron chi connectivity index (χ1n) is 9.73. The summed E-state index contributed by atoms with van der Waals surface area (Å²) < 4.78 is 27.1. The van der Waals surface area contributed by atoms with Crippen molar-refractivity contribution in [3.05, 3.63) is 53.2 Å². The number of pyridine rings is 1. The van der Waals surface area contributed by atoms with E-state index in [0.717, 1.165) is 19.5 Å². The zero-order valence-electron chi connectivity index (χ0n) is 17.1. The average Bonchev–Trinajstić information content (AvgIpc) is 2.65. The van der Waals surface area contributed by atoms with Crippen molar-refractivity contribution in [3.8, 4) is 0 Å². The van der Waals surface area contributed by atoms with Crippen LogP contribution in [0, 0.1) is 13.8 Å². The van der Waals surface area contributed by atoms with Crippen LogP contribution in [0.25, 0.3) is 0 Å². The predicted molar refractivity (Wildman–Crippen MR) is 113 cm³/mol. The normalized spacial score (nSPS) is 17.4. The molecule has 152 valence electrons. The van der Waals surface area contributed by atoms with Gasteiger partial charge in [0.2, 0.25) is 10.0 Å².